The summed E-state index contributed by atoms with van der Waals surface area (Å²) < 4.78 is 1.98. The van der Waals surface area contributed by atoms with Crippen LogP contribution in [-0.2, 0) is 6.42 Å². The van der Waals surface area contributed by atoms with Gasteiger partial charge in [0.15, 0.2) is 0 Å². The quantitative estimate of drug-likeness (QED) is 0.820. The van der Waals surface area contributed by atoms with E-state index in [1.54, 1.807) is 11.3 Å². The first-order valence-corrected chi connectivity index (χ1v) is 5.79. The minimum Gasteiger partial charge on any atom is -0.506 e. The van der Waals surface area contributed by atoms with Crippen LogP contribution in [0, 0.1) is 0 Å². The monoisotopic (exact) mass is 256 g/mol. The second-order valence-electron chi connectivity index (χ2n) is 2.88. The molecule has 13 heavy (non-hydrogen) atoms. The highest BCUT2D eigenvalue weighted by atomic mass is 79.9. The van der Waals surface area contributed by atoms with Crippen molar-refractivity contribution < 1.29 is 5.11 Å². The zero-order valence-electron chi connectivity index (χ0n) is 7.17. The zero-order valence-corrected chi connectivity index (χ0v) is 9.58. The van der Waals surface area contributed by atoms with Crippen molar-refractivity contribution >= 4 is 37.4 Å². The summed E-state index contributed by atoms with van der Waals surface area (Å²) in [6.07, 6.45) is 0.996. The zero-order chi connectivity index (χ0) is 9.42. The van der Waals surface area contributed by atoms with Crippen LogP contribution in [-0.4, -0.2) is 5.11 Å². The molecule has 0 saturated carbocycles. The van der Waals surface area contributed by atoms with Gasteiger partial charge in [-0.05, 0) is 45.4 Å². The van der Waals surface area contributed by atoms with Gasteiger partial charge in [0.2, 0.25) is 0 Å². The molecule has 0 atom stereocenters. The summed E-state index contributed by atoms with van der Waals surface area (Å²) in [5.41, 5.74) is 1.29. The number of fused-ring (bicyclic) bond motifs is 1. The minimum atomic E-state index is 0.355. The average Bonchev–Trinajstić information content (AvgIpc) is 2.60. The van der Waals surface area contributed by atoms with Crippen LogP contribution in [0.4, 0.5) is 0 Å². The van der Waals surface area contributed by atoms with E-state index in [9.17, 15) is 5.11 Å². The topological polar surface area (TPSA) is 20.2 Å². The van der Waals surface area contributed by atoms with Crippen molar-refractivity contribution in [2.24, 2.45) is 0 Å². The molecule has 0 spiro atoms. The van der Waals surface area contributed by atoms with E-state index >= 15 is 0 Å². The number of aromatic hydroxyl groups is 1. The molecule has 1 nitrogen and oxygen atoms in total. The first-order chi connectivity index (χ1) is 6.24. The molecular weight excluding hydrogens is 248 g/mol. The summed E-state index contributed by atoms with van der Waals surface area (Å²) in [6.45, 7) is 2.12. The van der Waals surface area contributed by atoms with Crippen molar-refractivity contribution in [3.63, 3.8) is 0 Å². The first kappa shape index (κ1) is 9.03. The summed E-state index contributed by atoms with van der Waals surface area (Å²) in [7, 11) is 0. The molecule has 0 aliphatic heterocycles. The van der Waals surface area contributed by atoms with Crippen LogP contribution in [0.2, 0.25) is 0 Å². The third-order valence-corrected chi connectivity index (χ3v) is 3.71. The highest BCUT2D eigenvalue weighted by molar-refractivity contribution is 9.10. The van der Waals surface area contributed by atoms with Gasteiger partial charge in [-0.3, -0.25) is 0 Å². The van der Waals surface area contributed by atoms with Gasteiger partial charge in [-0.25, -0.2) is 0 Å². The molecule has 3 heteroatoms. The molecule has 0 saturated heterocycles. The maximum Gasteiger partial charge on any atom is 0.138 e. The van der Waals surface area contributed by atoms with Crippen LogP contribution in [0.3, 0.4) is 0 Å². The molecule has 0 aliphatic rings. The van der Waals surface area contributed by atoms with E-state index in [1.165, 1.54) is 10.3 Å². The molecule has 1 N–H and O–H groups in total. The van der Waals surface area contributed by atoms with Crippen LogP contribution >= 0.6 is 27.3 Å². The van der Waals surface area contributed by atoms with Crippen LogP contribution in [0.25, 0.3) is 10.1 Å². The third-order valence-electron chi connectivity index (χ3n) is 2.12. The van der Waals surface area contributed by atoms with Crippen LogP contribution in [0.15, 0.2) is 22.0 Å². The van der Waals surface area contributed by atoms with Crippen molar-refractivity contribution in [2.45, 2.75) is 13.3 Å². The summed E-state index contributed by atoms with van der Waals surface area (Å²) in [5, 5.41) is 12.7. The van der Waals surface area contributed by atoms with Gasteiger partial charge >= 0.3 is 0 Å². The van der Waals surface area contributed by atoms with Gasteiger partial charge in [-0.1, -0.05) is 6.92 Å². The lowest BCUT2D eigenvalue weighted by atomic mass is 10.1. The molecule has 68 valence electrons. The van der Waals surface area contributed by atoms with E-state index in [1.807, 2.05) is 17.5 Å². The fourth-order valence-corrected chi connectivity index (χ4v) is 2.90. The molecule has 0 bridgehead atoms. The van der Waals surface area contributed by atoms with Gasteiger partial charge in [0.25, 0.3) is 0 Å². The van der Waals surface area contributed by atoms with Crippen molar-refractivity contribution in [1.29, 1.82) is 0 Å². The van der Waals surface area contributed by atoms with Gasteiger partial charge in [0, 0.05) is 10.1 Å². The fraction of sp³-hybridized carbons (Fsp3) is 0.200. The predicted molar refractivity (Wildman–Crippen MR) is 60.6 cm³/mol. The van der Waals surface area contributed by atoms with E-state index in [0.29, 0.717) is 5.75 Å². The standard InChI is InChI=1S/C10H9BrOS/c1-2-6-5-8(11)9(12)7-3-4-13-10(6)7/h3-5,12H,2H2,1H3. The van der Waals surface area contributed by atoms with Gasteiger partial charge in [0.05, 0.1) is 4.47 Å². The number of halogens is 1. The van der Waals surface area contributed by atoms with E-state index in [-0.39, 0.29) is 0 Å². The normalized spacial score (nSPS) is 10.9. The number of hydrogen-bond acceptors (Lipinski definition) is 2. The molecule has 1 aromatic carbocycles. The summed E-state index contributed by atoms with van der Waals surface area (Å²) in [6, 6.07) is 3.95. The number of benzene rings is 1. The second kappa shape index (κ2) is 3.31. The van der Waals surface area contributed by atoms with Crippen LogP contribution < -0.4 is 0 Å². The lowest BCUT2D eigenvalue weighted by Crippen LogP contribution is -1.81. The summed E-state index contributed by atoms with van der Waals surface area (Å²) >= 11 is 5.03. The number of phenols is 1. The Labute approximate surface area is 89.1 Å². The maximum atomic E-state index is 9.73. The van der Waals surface area contributed by atoms with Crippen molar-refractivity contribution in [1.82, 2.24) is 0 Å². The Morgan fingerprint density at radius 2 is 2.31 bits per heavy atom. The van der Waals surface area contributed by atoms with Crippen LogP contribution in [0.5, 0.6) is 5.75 Å². The Balaban J connectivity index is 2.87. The number of thiophene rings is 1. The Hall–Kier alpha value is -0.540. The molecule has 0 aliphatic carbocycles. The molecule has 0 unspecified atom stereocenters. The lowest BCUT2D eigenvalue weighted by Gasteiger charge is -2.03. The van der Waals surface area contributed by atoms with E-state index in [0.717, 1.165) is 16.3 Å². The van der Waals surface area contributed by atoms with E-state index < -0.39 is 0 Å². The summed E-state index contributed by atoms with van der Waals surface area (Å²) in [5.74, 6) is 0.355. The summed E-state index contributed by atoms with van der Waals surface area (Å²) in [4.78, 5) is 0. The second-order valence-corrected chi connectivity index (χ2v) is 4.65. The van der Waals surface area contributed by atoms with Gasteiger partial charge in [0.1, 0.15) is 5.75 Å². The van der Waals surface area contributed by atoms with E-state index in [4.69, 9.17) is 0 Å². The number of hydrogen-bond donors (Lipinski definition) is 1. The Kier molecular flexibility index (Phi) is 2.30. The molecule has 1 aromatic heterocycles. The largest absolute Gasteiger partial charge is 0.506 e. The Morgan fingerprint density at radius 3 is 3.00 bits per heavy atom. The molecule has 2 rings (SSSR count). The SMILES string of the molecule is CCc1cc(Br)c(O)c2ccsc12. The predicted octanol–water partition coefficient (Wildman–Crippen LogP) is 3.93. The molecular formula is C10H9BrOS. The van der Waals surface area contributed by atoms with Gasteiger partial charge in [-0.15, -0.1) is 11.3 Å². The van der Waals surface area contributed by atoms with Crippen molar-refractivity contribution in [2.75, 3.05) is 0 Å². The number of phenolic OH excluding ortho intramolecular Hbond substituents is 1. The van der Waals surface area contributed by atoms with E-state index in [2.05, 4.69) is 22.9 Å². The maximum absolute atomic E-state index is 9.73. The molecule has 0 amide bonds. The smallest absolute Gasteiger partial charge is 0.138 e. The van der Waals surface area contributed by atoms with Gasteiger partial charge < -0.3 is 5.11 Å². The lowest BCUT2D eigenvalue weighted by molar-refractivity contribution is 0.478. The average molecular weight is 257 g/mol. The first-order valence-electron chi connectivity index (χ1n) is 4.11. The fourth-order valence-electron chi connectivity index (χ4n) is 1.42. The number of rotatable bonds is 1. The highest BCUT2D eigenvalue weighted by Gasteiger charge is 2.09. The van der Waals surface area contributed by atoms with Crippen molar-refractivity contribution in [3.05, 3.63) is 27.5 Å². The molecule has 2 aromatic rings. The molecule has 0 radical (unpaired) electrons. The third kappa shape index (κ3) is 1.36. The number of aryl methyl sites for hydroxylation is 1. The van der Waals surface area contributed by atoms with Crippen molar-refractivity contribution in [3.8, 4) is 5.75 Å². The molecule has 1 heterocycles. The van der Waals surface area contributed by atoms with Gasteiger partial charge in [-0.2, -0.15) is 0 Å². The highest BCUT2D eigenvalue weighted by Crippen LogP contribution is 2.38. The van der Waals surface area contributed by atoms with Crippen LogP contribution in [0.1, 0.15) is 12.5 Å². The Morgan fingerprint density at radius 1 is 1.54 bits per heavy atom. The Bertz CT molecular complexity index is 447. The minimum absolute atomic E-state index is 0.355. The molecule has 0 fully saturated rings.